The van der Waals surface area contributed by atoms with Crippen molar-refractivity contribution in [2.24, 2.45) is 0 Å². The molecule has 19 heavy (non-hydrogen) atoms. The van der Waals surface area contributed by atoms with Crippen molar-refractivity contribution in [2.75, 3.05) is 12.8 Å². The van der Waals surface area contributed by atoms with Crippen LogP contribution < -0.4 is 15.2 Å². The Hall–Kier alpha value is -1.20. The molecule has 0 aliphatic heterocycles. The van der Waals surface area contributed by atoms with Crippen molar-refractivity contribution in [3.63, 3.8) is 0 Å². The van der Waals surface area contributed by atoms with Gasteiger partial charge >= 0.3 is 0 Å². The van der Waals surface area contributed by atoms with Crippen LogP contribution in [-0.4, -0.2) is 7.11 Å². The van der Waals surface area contributed by atoms with Crippen LogP contribution in [0.5, 0.6) is 11.5 Å². The average Bonchev–Trinajstić information content (AvgIpc) is 2.38. The van der Waals surface area contributed by atoms with E-state index in [1.807, 2.05) is 36.4 Å². The van der Waals surface area contributed by atoms with E-state index < -0.39 is 0 Å². The van der Waals surface area contributed by atoms with Gasteiger partial charge in [0.2, 0.25) is 0 Å². The van der Waals surface area contributed by atoms with Gasteiger partial charge in [0.25, 0.3) is 0 Å². The number of ether oxygens (including phenoxy) is 2. The zero-order valence-corrected chi connectivity index (χ0v) is 13.5. The van der Waals surface area contributed by atoms with Crippen molar-refractivity contribution in [1.82, 2.24) is 0 Å². The Balaban J connectivity index is 2.08. The summed E-state index contributed by atoms with van der Waals surface area (Å²) in [4.78, 5) is 0. The number of methoxy groups -OCH3 is 1. The fourth-order valence-corrected chi connectivity index (χ4v) is 2.79. The van der Waals surface area contributed by atoms with Gasteiger partial charge in [0.05, 0.1) is 17.3 Å². The van der Waals surface area contributed by atoms with Gasteiger partial charge in [-0.2, -0.15) is 0 Å². The van der Waals surface area contributed by atoms with Crippen LogP contribution in [0.15, 0.2) is 45.3 Å². The van der Waals surface area contributed by atoms with Crippen molar-refractivity contribution in [2.45, 2.75) is 6.61 Å². The lowest BCUT2D eigenvalue weighted by atomic mass is 10.2. The minimum absolute atomic E-state index is 0.453. The lowest BCUT2D eigenvalue weighted by Gasteiger charge is -2.10. The molecule has 2 N–H and O–H groups in total. The minimum Gasteiger partial charge on any atom is -0.495 e. The molecule has 0 aliphatic carbocycles. The molecule has 0 spiro atoms. The second-order valence-electron chi connectivity index (χ2n) is 3.94. The van der Waals surface area contributed by atoms with E-state index >= 15 is 0 Å². The normalized spacial score (nSPS) is 10.3. The molecule has 100 valence electrons. The topological polar surface area (TPSA) is 44.5 Å². The van der Waals surface area contributed by atoms with E-state index in [1.54, 1.807) is 7.11 Å². The molecule has 0 saturated carbocycles. The third kappa shape index (κ3) is 3.64. The van der Waals surface area contributed by atoms with Gasteiger partial charge in [0, 0.05) is 4.47 Å². The second kappa shape index (κ2) is 6.30. The number of benzene rings is 2. The summed E-state index contributed by atoms with van der Waals surface area (Å²) in [5.41, 5.74) is 7.46. The van der Waals surface area contributed by atoms with Gasteiger partial charge in [-0.25, -0.2) is 0 Å². The summed E-state index contributed by atoms with van der Waals surface area (Å²) in [6, 6.07) is 11.4. The molecule has 0 aliphatic rings. The van der Waals surface area contributed by atoms with E-state index in [-0.39, 0.29) is 0 Å². The Morgan fingerprint density at radius 2 is 1.79 bits per heavy atom. The Morgan fingerprint density at radius 1 is 1.05 bits per heavy atom. The Kier molecular flexibility index (Phi) is 4.71. The zero-order valence-electron chi connectivity index (χ0n) is 10.3. The average molecular weight is 387 g/mol. The molecule has 2 aromatic rings. The second-order valence-corrected chi connectivity index (χ2v) is 5.71. The summed E-state index contributed by atoms with van der Waals surface area (Å²) >= 11 is 6.86. The first-order valence-electron chi connectivity index (χ1n) is 5.60. The van der Waals surface area contributed by atoms with Crippen LogP contribution in [-0.2, 0) is 6.61 Å². The molecule has 0 amide bonds. The molecule has 5 heteroatoms. The van der Waals surface area contributed by atoms with Gasteiger partial charge in [0.15, 0.2) is 0 Å². The van der Waals surface area contributed by atoms with Crippen LogP contribution in [0.25, 0.3) is 0 Å². The quantitative estimate of drug-likeness (QED) is 0.793. The summed E-state index contributed by atoms with van der Waals surface area (Å²) in [5, 5.41) is 0. The molecule has 0 saturated heterocycles. The van der Waals surface area contributed by atoms with Crippen LogP contribution in [0.4, 0.5) is 5.69 Å². The highest BCUT2D eigenvalue weighted by Gasteiger charge is 2.04. The SMILES string of the molecule is COc1ccc(COc2ccc(Br)cc2Br)cc1N. The van der Waals surface area contributed by atoms with Gasteiger partial charge in [-0.15, -0.1) is 0 Å². The summed E-state index contributed by atoms with van der Waals surface area (Å²) in [7, 11) is 1.60. The Bertz CT molecular complexity index is 588. The first kappa shape index (κ1) is 14.2. The summed E-state index contributed by atoms with van der Waals surface area (Å²) in [5.74, 6) is 1.46. The molecule has 2 rings (SSSR count). The van der Waals surface area contributed by atoms with Crippen molar-refractivity contribution in [3.05, 3.63) is 50.9 Å². The first-order valence-corrected chi connectivity index (χ1v) is 7.19. The summed E-state index contributed by atoms with van der Waals surface area (Å²) in [6.07, 6.45) is 0. The van der Waals surface area contributed by atoms with Crippen LogP contribution >= 0.6 is 31.9 Å². The fraction of sp³-hybridized carbons (Fsp3) is 0.143. The number of halogens is 2. The zero-order chi connectivity index (χ0) is 13.8. The molecule has 0 fully saturated rings. The van der Waals surface area contributed by atoms with Crippen molar-refractivity contribution >= 4 is 37.5 Å². The van der Waals surface area contributed by atoms with Crippen LogP contribution in [0, 0.1) is 0 Å². The number of hydrogen-bond acceptors (Lipinski definition) is 3. The third-order valence-electron chi connectivity index (χ3n) is 2.58. The summed E-state index contributed by atoms with van der Waals surface area (Å²) in [6.45, 7) is 0.453. The highest BCUT2D eigenvalue weighted by Crippen LogP contribution is 2.29. The van der Waals surface area contributed by atoms with Gasteiger partial charge in [-0.3, -0.25) is 0 Å². The predicted octanol–water partition coefficient (Wildman–Crippen LogP) is 4.38. The summed E-state index contributed by atoms with van der Waals surface area (Å²) < 4.78 is 12.8. The van der Waals surface area contributed by atoms with Gasteiger partial charge in [-0.1, -0.05) is 22.0 Å². The number of nitrogens with two attached hydrogens (primary N) is 1. The van der Waals surface area contributed by atoms with Crippen molar-refractivity contribution < 1.29 is 9.47 Å². The Morgan fingerprint density at radius 3 is 2.42 bits per heavy atom. The number of rotatable bonds is 4. The predicted molar refractivity (Wildman–Crippen MR) is 83.6 cm³/mol. The highest BCUT2D eigenvalue weighted by molar-refractivity contribution is 9.11. The number of nitrogen functional groups attached to an aromatic ring is 1. The maximum Gasteiger partial charge on any atom is 0.141 e. The number of anilines is 1. The van der Waals surface area contributed by atoms with E-state index in [4.69, 9.17) is 15.2 Å². The van der Waals surface area contributed by atoms with E-state index in [0.29, 0.717) is 18.0 Å². The maximum absolute atomic E-state index is 5.85. The third-order valence-corrected chi connectivity index (χ3v) is 3.70. The van der Waals surface area contributed by atoms with Crippen LogP contribution in [0.3, 0.4) is 0 Å². The van der Waals surface area contributed by atoms with Crippen LogP contribution in [0.2, 0.25) is 0 Å². The molecule has 0 bridgehead atoms. The van der Waals surface area contributed by atoms with Crippen molar-refractivity contribution in [1.29, 1.82) is 0 Å². The largest absolute Gasteiger partial charge is 0.495 e. The number of hydrogen-bond donors (Lipinski definition) is 1. The maximum atomic E-state index is 5.85. The standard InChI is InChI=1S/C14H13Br2NO2/c1-18-14-4-2-9(6-12(14)17)8-19-13-5-3-10(15)7-11(13)16/h2-7H,8,17H2,1H3. The van der Waals surface area contributed by atoms with Gasteiger partial charge < -0.3 is 15.2 Å². The smallest absolute Gasteiger partial charge is 0.141 e. The van der Waals surface area contributed by atoms with Gasteiger partial charge in [-0.05, 0) is 51.8 Å². The monoisotopic (exact) mass is 385 g/mol. The molecule has 0 heterocycles. The van der Waals surface area contributed by atoms with E-state index in [2.05, 4.69) is 31.9 Å². The Labute approximate surface area is 129 Å². The van der Waals surface area contributed by atoms with E-state index in [0.717, 1.165) is 20.3 Å². The molecule has 0 atom stereocenters. The lowest BCUT2D eigenvalue weighted by Crippen LogP contribution is -1.99. The molecular formula is C14H13Br2NO2. The lowest BCUT2D eigenvalue weighted by molar-refractivity contribution is 0.304. The molecule has 0 unspecified atom stereocenters. The molecule has 0 radical (unpaired) electrons. The highest BCUT2D eigenvalue weighted by atomic mass is 79.9. The molecule has 2 aromatic carbocycles. The van der Waals surface area contributed by atoms with Crippen LogP contribution in [0.1, 0.15) is 5.56 Å². The van der Waals surface area contributed by atoms with E-state index in [9.17, 15) is 0 Å². The fourth-order valence-electron chi connectivity index (χ4n) is 1.63. The molecular weight excluding hydrogens is 374 g/mol. The van der Waals surface area contributed by atoms with Crippen molar-refractivity contribution in [3.8, 4) is 11.5 Å². The van der Waals surface area contributed by atoms with Gasteiger partial charge in [0.1, 0.15) is 18.1 Å². The first-order chi connectivity index (χ1) is 9.10. The minimum atomic E-state index is 0.453. The molecule has 0 aromatic heterocycles. The van der Waals surface area contributed by atoms with E-state index in [1.165, 1.54) is 0 Å². The molecule has 3 nitrogen and oxygen atoms in total.